The van der Waals surface area contributed by atoms with Crippen LogP contribution in [0.5, 0.6) is 0 Å². The zero-order chi connectivity index (χ0) is 15.4. The number of fused-ring (bicyclic) bond motifs is 1. The lowest BCUT2D eigenvalue weighted by Crippen LogP contribution is -2.40. The minimum absolute atomic E-state index is 0.183. The average molecular weight is 287 g/mol. The molecule has 1 aromatic carbocycles. The van der Waals surface area contributed by atoms with Crippen molar-refractivity contribution < 1.29 is 14.3 Å². The largest absolute Gasteiger partial charge is 0.445 e. The molecule has 0 bridgehead atoms. The number of benzene rings is 1. The van der Waals surface area contributed by atoms with E-state index in [-0.39, 0.29) is 18.7 Å². The molecule has 4 nitrogen and oxygen atoms in total. The van der Waals surface area contributed by atoms with Crippen molar-refractivity contribution in [2.24, 2.45) is 0 Å². The predicted octanol–water partition coefficient (Wildman–Crippen LogP) is 3.11. The van der Waals surface area contributed by atoms with Gasteiger partial charge in [0.25, 0.3) is 0 Å². The number of carbonyl (C=O) groups is 2. The lowest BCUT2D eigenvalue weighted by Gasteiger charge is -2.36. The van der Waals surface area contributed by atoms with Gasteiger partial charge in [-0.1, -0.05) is 24.8 Å². The van der Waals surface area contributed by atoms with Gasteiger partial charge in [0.05, 0.1) is 6.04 Å². The number of nitrogens with zero attached hydrogens (tertiary/aromatic N) is 1. The summed E-state index contributed by atoms with van der Waals surface area (Å²) in [6.45, 7) is 8.42. The molecule has 0 fully saturated rings. The quantitative estimate of drug-likeness (QED) is 0.631. The fraction of sp³-hybridized carbons (Fsp3) is 0.412. The maximum absolute atomic E-state index is 12.1. The molecule has 1 amide bonds. The SMILES string of the molecule is C=CCOC(=O)N1CCc2cc(C)c(C)cc2C1CC=O. The number of aryl methyl sites for hydroxylation is 2. The fourth-order valence-corrected chi connectivity index (χ4v) is 2.77. The summed E-state index contributed by atoms with van der Waals surface area (Å²) in [4.78, 5) is 24.8. The Bertz CT molecular complexity index is 565. The normalized spacial score (nSPS) is 17.0. The summed E-state index contributed by atoms with van der Waals surface area (Å²) in [5, 5.41) is 0. The van der Waals surface area contributed by atoms with E-state index in [9.17, 15) is 9.59 Å². The predicted molar refractivity (Wildman–Crippen MR) is 81.3 cm³/mol. The highest BCUT2D eigenvalue weighted by atomic mass is 16.6. The Labute approximate surface area is 125 Å². The van der Waals surface area contributed by atoms with Crippen molar-refractivity contribution in [3.8, 4) is 0 Å². The van der Waals surface area contributed by atoms with Crippen LogP contribution < -0.4 is 0 Å². The van der Waals surface area contributed by atoms with E-state index >= 15 is 0 Å². The zero-order valence-corrected chi connectivity index (χ0v) is 12.6. The van der Waals surface area contributed by atoms with Crippen LogP contribution in [0.15, 0.2) is 24.8 Å². The Morgan fingerprint density at radius 1 is 1.43 bits per heavy atom. The van der Waals surface area contributed by atoms with Crippen molar-refractivity contribution in [1.29, 1.82) is 0 Å². The van der Waals surface area contributed by atoms with Crippen LogP contribution in [0, 0.1) is 13.8 Å². The van der Waals surface area contributed by atoms with Crippen LogP contribution in [0.25, 0.3) is 0 Å². The highest BCUT2D eigenvalue weighted by molar-refractivity contribution is 5.70. The van der Waals surface area contributed by atoms with Gasteiger partial charge >= 0.3 is 6.09 Å². The third kappa shape index (κ3) is 3.15. The number of hydrogen-bond donors (Lipinski definition) is 0. The van der Waals surface area contributed by atoms with Crippen molar-refractivity contribution in [2.45, 2.75) is 32.7 Å². The highest BCUT2D eigenvalue weighted by Crippen LogP contribution is 2.33. The van der Waals surface area contributed by atoms with Crippen LogP contribution in [0.3, 0.4) is 0 Å². The molecular weight excluding hydrogens is 266 g/mol. The minimum Gasteiger partial charge on any atom is -0.445 e. The summed E-state index contributed by atoms with van der Waals surface area (Å²) < 4.78 is 5.13. The summed E-state index contributed by atoms with van der Waals surface area (Å²) >= 11 is 0. The molecule has 1 unspecified atom stereocenters. The Balaban J connectivity index is 2.33. The van der Waals surface area contributed by atoms with E-state index in [0.717, 1.165) is 18.3 Å². The molecule has 0 spiro atoms. The zero-order valence-electron chi connectivity index (χ0n) is 12.6. The molecule has 0 saturated heterocycles. The number of ether oxygens (including phenoxy) is 1. The van der Waals surface area contributed by atoms with E-state index in [1.807, 2.05) is 6.92 Å². The molecule has 0 radical (unpaired) electrons. The maximum Gasteiger partial charge on any atom is 0.410 e. The van der Waals surface area contributed by atoms with Crippen LogP contribution >= 0.6 is 0 Å². The maximum atomic E-state index is 12.1. The molecule has 1 aliphatic rings. The van der Waals surface area contributed by atoms with Crippen molar-refractivity contribution in [3.63, 3.8) is 0 Å². The Morgan fingerprint density at radius 3 is 2.81 bits per heavy atom. The number of hydrogen-bond acceptors (Lipinski definition) is 3. The average Bonchev–Trinajstić information content (AvgIpc) is 2.47. The molecule has 0 aromatic heterocycles. The molecule has 1 atom stereocenters. The first kappa shape index (κ1) is 15.3. The Morgan fingerprint density at radius 2 is 2.14 bits per heavy atom. The van der Waals surface area contributed by atoms with Crippen molar-refractivity contribution in [1.82, 2.24) is 4.90 Å². The van der Waals surface area contributed by atoms with Gasteiger partial charge in [0, 0.05) is 13.0 Å². The van der Waals surface area contributed by atoms with Gasteiger partial charge in [-0.15, -0.1) is 0 Å². The Hall–Kier alpha value is -2.10. The summed E-state index contributed by atoms with van der Waals surface area (Å²) in [6.07, 6.45) is 3.10. The fourth-order valence-electron chi connectivity index (χ4n) is 2.77. The van der Waals surface area contributed by atoms with E-state index in [4.69, 9.17) is 4.74 Å². The molecule has 21 heavy (non-hydrogen) atoms. The van der Waals surface area contributed by atoms with Crippen LogP contribution in [0.1, 0.15) is 34.7 Å². The molecular formula is C17H21NO3. The summed E-state index contributed by atoms with van der Waals surface area (Å²) in [6, 6.07) is 4.02. The molecule has 4 heteroatoms. The lowest BCUT2D eigenvalue weighted by atomic mass is 9.88. The number of aldehydes is 1. The lowest BCUT2D eigenvalue weighted by molar-refractivity contribution is -0.108. The molecule has 112 valence electrons. The monoisotopic (exact) mass is 287 g/mol. The second-order valence-corrected chi connectivity index (χ2v) is 5.36. The van der Waals surface area contributed by atoms with E-state index in [2.05, 4.69) is 25.6 Å². The summed E-state index contributed by atoms with van der Waals surface area (Å²) in [7, 11) is 0. The summed E-state index contributed by atoms with van der Waals surface area (Å²) in [5.41, 5.74) is 4.69. The van der Waals surface area contributed by atoms with Gasteiger partial charge in [0.2, 0.25) is 0 Å². The van der Waals surface area contributed by atoms with Crippen LogP contribution in [0.2, 0.25) is 0 Å². The van der Waals surface area contributed by atoms with Gasteiger partial charge in [0.1, 0.15) is 12.9 Å². The first-order valence-electron chi connectivity index (χ1n) is 7.16. The minimum atomic E-state index is -0.384. The Kier molecular flexibility index (Phi) is 4.78. The number of amides is 1. The third-order valence-corrected chi connectivity index (χ3v) is 3.99. The third-order valence-electron chi connectivity index (χ3n) is 3.99. The highest BCUT2D eigenvalue weighted by Gasteiger charge is 2.31. The smallest absolute Gasteiger partial charge is 0.410 e. The van der Waals surface area contributed by atoms with Gasteiger partial charge in [-0.2, -0.15) is 0 Å². The molecule has 0 aliphatic carbocycles. The first-order chi connectivity index (χ1) is 10.1. The van der Waals surface area contributed by atoms with Crippen LogP contribution in [-0.4, -0.2) is 30.4 Å². The number of carbonyl (C=O) groups excluding carboxylic acids is 2. The molecule has 0 N–H and O–H groups in total. The topological polar surface area (TPSA) is 46.6 Å². The second kappa shape index (κ2) is 6.57. The van der Waals surface area contributed by atoms with Crippen LogP contribution in [-0.2, 0) is 16.0 Å². The van der Waals surface area contributed by atoms with Crippen LogP contribution in [0.4, 0.5) is 4.79 Å². The standard InChI is InChI=1S/C17H21NO3/c1-4-9-21-17(20)18-7-5-14-10-12(2)13(3)11-15(14)16(18)6-8-19/h4,8,10-11,16H,1,5-7,9H2,2-3H3. The van der Waals surface area contributed by atoms with Gasteiger partial charge in [-0.05, 0) is 42.5 Å². The molecule has 1 heterocycles. The van der Waals surface area contributed by atoms with Gasteiger partial charge in [-0.3, -0.25) is 0 Å². The van der Waals surface area contributed by atoms with Gasteiger partial charge in [0.15, 0.2) is 0 Å². The second-order valence-electron chi connectivity index (χ2n) is 5.36. The van der Waals surface area contributed by atoms with E-state index in [1.54, 1.807) is 4.90 Å². The van der Waals surface area contributed by atoms with E-state index in [1.165, 1.54) is 22.8 Å². The van der Waals surface area contributed by atoms with E-state index < -0.39 is 0 Å². The first-order valence-corrected chi connectivity index (χ1v) is 7.16. The number of rotatable bonds is 4. The summed E-state index contributed by atoms with van der Waals surface area (Å²) in [5.74, 6) is 0. The van der Waals surface area contributed by atoms with Gasteiger partial charge in [-0.25, -0.2) is 4.79 Å². The molecule has 1 aliphatic heterocycles. The van der Waals surface area contributed by atoms with Crippen molar-refractivity contribution >= 4 is 12.4 Å². The molecule has 2 rings (SSSR count). The van der Waals surface area contributed by atoms with Crippen molar-refractivity contribution in [3.05, 3.63) is 47.0 Å². The molecule has 0 saturated carbocycles. The van der Waals surface area contributed by atoms with Gasteiger partial charge < -0.3 is 14.4 Å². The van der Waals surface area contributed by atoms with Crippen molar-refractivity contribution in [2.75, 3.05) is 13.2 Å². The molecule has 1 aromatic rings. The van der Waals surface area contributed by atoms with E-state index in [0.29, 0.717) is 13.0 Å².